The van der Waals surface area contributed by atoms with Gasteiger partial charge in [0, 0.05) is 41.7 Å². The van der Waals surface area contributed by atoms with Crippen molar-refractivity contribution in [1.29, 1.82) is 0 Å². The summed E-state index contributed by atoms with van der Waals surface area (Å²) in [6, 6.07) is 21.2. The lowest BCUT2D eigenvalue weighted by atomic mass is 9.68. The molecule has 2 heterocycles. The Bertz CT molecular complexity index is 1620. The number of ether oxygens (including phenoxy) is 2. The van der Waals surface area contributed by atoms with Crippen molar-refractivity contribution in [3.63, 3.8) is 0 Å². The Morgan fingerprint density at radius 3 is 2.55 bits per heavy atom. The zero-order valence-electron chi connectivity index (χ0n) is 21.6. The smallest absolute Gasteiger partial charge is 0.343 e. The molecule has 6 rings (SSSR count). The van der Waals surface area contributed by atoms with Gasteiger partial charge in [-0.2, -0.15) is 0 Å². The molecule has 0 amide bonds. The van der Waals surface area contributed by atoms with Crippen LogP contribution in [0.25, 0.3) is 10.8 Å². The molecule has 3 aromatic carbocycles. The molecular weight excluding hydrogens is 476 g/mol. The van der Waals surface area contributed by atoms with Crippen LogP contribution in [0.15, 0.2) is 90.4 Å². The summed E-state index contributed by atoms with van der Waals surface area (Å²) in [4.78, 5) is 30.6. The monoisotopic (exact) mass is 504 g/mol. The number of methoxy groups -OCH3 is 1. The maximum Gasteiger partial charge on any atom is 0.343 e. The van der Waals surface area contributed by atoms with Gasteiger partial charge in [-0.25, -0.2) is 4.79 Å². The lowest BCUT2D eigenvalue weighted by Crippen LogP contribution is -2.33. The second kappa shape index (κ2) is 9.14. The van der Waals surface area contributed by atoms with Crippen molar-refractivity contribution in [3.8, 4) is 11.5 Å². The van der Waals surface area contributed by atoms with E-state index < -0.39 is 5.97 Å². The number of anilines is 1. The van der Waals surface area contributed by atoms with Gasteiger partial charge >= 0.3 is 5.97 Å². The maximum absolute atomic E-state index is 13.7. The van der Waals surface area contributed by atoms with Gasteiger partial charge in [-0.3, -0.25) is 9.78 Å². The van der Waals surface area contributed by atoms with Gasteiger partial charge in [0.05, 0.1) is 12.7 Å². The number of Topliss-reactive ketones (excluding diaryl/α,β-unsaturated/α-hetero) is 1. The Morgan fingerprint density at radius 2 is 1.76 bits per heavy atom. The molecule has 1 aromatic heterocycles. The van der Waals surface area contributed by atoms with Gasteiger partial charge in [0.2, 0.25) is 0 Å². The molecule has 0 radical (unpaired) electrons. The summed E-state index contributed by atoms with van der Waals surface area (Å²) in [5.74, 6) is 0.0551. The van der Waals surface area contributed by atoms with Crippen molar-refractivity contribution in [1.82, 2.24) is 4.98 Å². The summed E-state index contributed by atoms with van der Waals surface area (Å²) in [5, 5.41) is 5.79. The van der Waals surface area contributed by atoms with Gasteiger partial charge in [0.1, 0.15) is 0 Å². The molecule has 0 saturated carbocycles. The predicted molar refractivity (Wildman–Crippen MR) is 147 cm³/mol. The van der Waals surface area contributed by atoms with E-state index in [-0.39, 0.29) is 17.1 Å². The Morgan fingerprint density at radius 1 is 0.974 bits per heavy atom. The average molecular weight is 505 g/mol. The van der Waals surface area contributed by atoms with Gasteiger partial charge in [0.15, 0.2) is 17.3 Å². The van der Waals surface area contributed by atoms with E-state index in [0.717, 1.165) is 45.3 Å². The van der Waals surface area contributed by atoms with Crippen LogP contribution in [0.1, 0.15) is 54.1 Å². The number of allylic oxidation sites excluding steroid dienone is 2. The number of aromatic nitrogens is 1. The highest BCUT2D eigenvalue weighted by Crippen LogP contribution is 2.51. The van der Waals surface area contributed by atoms with E-state index in [0.29, 0.717) is 23.5 Å². The largest absolute Gasteiger partial charge is 0.493 e. The molecule has 1 N–H and O–H groups in total. The zero-order valence-corrected chi connectivity index (χ0v) is 21.6. The number of hydrogen-bond acceptors (Lipinski definition) is 6. The van der Waals surface area contributed by atoms with Gasteiger partial charge in [0.25, 0.3) is 0 Å². The molecule has 0 saturated heterocycles. The zero-order chi connectivity index (χ0) is 26.4. The molecule has 190 valence electrons. The number of carbonyl (C=O) groups is 2. The van der Waals surface area contributed by atoms with Gasteiger partial charge in [-0.1, -0.05) is 50.2 Å². The standard InChI is InChI=1S/C32H28N2O4/c1-32(2)17-24-30(25(35)18-32)28(29-22-7-5-4-6-19(22)8-10-23(29)34-24)21-9-11-26(37-3)27(16-21)38-31(36)20-12-14-33-15-13-20/h4-16,28,34H,17-18H2,1-3H3. The lowest BCUT2D eigenvalue weighted by Gasteiger charge is -2.40. The van der Waals surface area contributed by atoms with E-state index in [2.05, 4.69) is 48.4 Å². The molecule has 1 aliphatic carbocycles. The van der Waals surface area contributed by atoms with Crippen LogP contribution in [0.3, 0.4) is 0 Å². The lowest BCUT2D eigenvalue weighted by molar-refractivity contribution is -0.118. The molecule has 1 aliphatic heterocycles. The summed E-state index contributed by atoms with van der Waals surface area (Å²) in [7, 11) is 1.54. The molecule has 4 aromatic rings. The van der Waals surface area contributed by atoms with Crippen LogP contribution in [0.5, 0.6) is 11.5 Å². The van der Waals surface area contributed by atoms with Crippen LogP contribution in [0, 0.1) is 5.41 Å². The molecule has 1 atom stereocenters. The van der Waals surface area contributed by atoms with Gasteiger partial charge in [-0.15, -0.1) is 0 Å². The number of nitrogens with zero attached hydrogens (tertiary/aromatic N) is 1. The Balaban J connectivity index is 1.53. The summed E-state index contributed by atoms with van der Waals surface area (Å²) >= 11 is 0. The molecule has 6 nitrogen and oxygen atoms in total. The summed E-state index contributed by atoms with van der Waals surface area (Å²) < 4.78 is 11.4. The molecule has 6 heteroatoms. The van der Waals surface area contributed by atoms with Crippen molar-refractivity contribution < 1.29 is 19.1 Å². The minimum atomic E-state index is -0.505. The first-order chi connectivity index (χ1) is 18.3. The normalized spacial score (nSPS) is 17.9. The van der Waals surface area contributed by atoms with Crippen LogP contribution < -0.4 is 14.8 Å². The molecule has 0 spiro atoms. The number of fused-ring (bicyclic) bond motifs is 3. The molecule has 0 fully saturated rings. The number of hydrogen-bond donors (Lipinski definition) is 1. The third kappa shape index (κ3) is 4.12. The van der Waals surface area contributed by atoms with Crippen molar-refractivity contribution in [2.45, 2.75) is 32.6 Å². The van der Waals surface area contributed by atoms with E-state index in [1.165, 1.54) is 0 Å². The Labute approximate surface area is 221 Å². The number of esters is 1. The second-order valence-electron chi connectivity index (χ2n) is 10.7. The minimum absolute atomic E-state index is 0.132. The van der Waals surface area contributed by atoms with E-state index in [1.54, 1.807) is 37.7 Å². The second-order valence-corrected chi connectivity index (χ2v) is 10.7. The quantitative estimate of drug-likeness (QED) is 0.247. The summed E-state index contributed by atoms with van der Waals surface area (Å²) in [6.45, 7) is 4.26. The van der Waals surface area contributed by atoms with Gasteiger partial charge < -0.3 is 14.8 Å². The van der Waals surface area contributed by atoms with Crippen molar-refractivity contribution in [2.75, 3.05) is 12.4 Å². The van der Waals surface area contributed by atoms with Crippen molar-refractivity contribution in [2.24, 2.45) is 5.41 Å². The third-order valence-electron chi connectivity index (χ3n) is 7.39. The number of benzene rings is 3. The SMILES string of the molecule is COc1ccc(C2C3=C(CC(C)(C)CC3=O)Nc3ccc4ccccc4c32)cc1OC(=O)c1ccncc1. The van der Waals surface area contributed by atoms with Crippen LogP contribution >= 0.6 is 0 Å². The first kappa shape index (κ1) is 23.9. The number of rotatable bonds is 4. The number of ketones is 1. The highest BCUT2D eigenvalue weighted by molar-refractivity contribution is 6.04. The fourth-order valence-corrected chi connectivity index (χ4v) is 5.74. The topological polar surface area (TPSA) is 77.5 Å². The molecular formula is C32H28N2O4. The van der Waals surface area contributed by atoms with Crippen molar-refractivity contribution >= 4 is 28.2 Å². The van der Waals surface area contributed by atoms with Crippen molar-refractivity contribution in [3.05, 3.63) is 107 Å². The predicted octanol–water partition coefficient (Wildman–Crippen LogP) is 6.66. The van der Waals surface area contributed by atoms with Crippen LogP contribution in [-0.4, -0.2) is 23.8 Å². The van der Waals surface area contributed by atoms with E-state index in [1.807, 2.05) is 24.3 Å². The fourth-order valence-electron chi connectivity index (χ4n) is 5.74. The minimum Gasteiger partial charge on any atom is -0.493 e. The number of nitrogens with one attached hydrogen (secondary N) is 1. The summed E-state index contributed by atoms with van der Waals surface area (Å²) in [5.41, 5.74) is 4.90. The maximum atomic E-state index is 13.7. The highest BCUT2D eigenvalue weighted by atomic mass is 16.6. The number of pyridine rings is 1. The Kier molecular flexibility index (Phi) is 5.75. The van der Waals surface area contributed by atoms with Crippen LogP contribution in [0.4, 0.5) is 5.69 Å². The third-order valence-corrected chi connectivity index (χ3v) is 7.39. The van der Waals surface area contributed by atoms with E-state index in [4.69, 9.17) is 9.47 Å². The Hall–Kier alpha value is -4.45. The highest BCUT2D eigenvalue weighted by Gasteiger charge is 2.41. The molecule has 38 heavy (non-hydrogen) atoms. The van der Waals surface area contributed by atoms with Gasteiger partial charge in [-0.05, 0) is 64.1 Å². The first-order valence-electron chi connectivity index (χ1n) is 12.7. The first-order valence-corrected chi connectivity index (χ1v) is 12.7. The molecule has 1 unspecified atom stereocenters. The van der Waals surface area contributed by atoms with E-state index in [9.17, 15) is 9.59 Å². The molecule has 2 aliphatic rings. The average Bonchev–Trinajstić information content (AvgIpc) is 2.91. The number of carbonyl (C=O) groups excluding carboxylic acids is 2. The fraction of sp³-hybridized carbons (Fsp3) is 0.219. The van der Waals surface area contributed by atoms with Crippen LogP contribution in [0.2, 0.25) is 0 Å². The summed E-state index contributed by atoms with van der Waals surface area (Å²) in [6.07, 6.45) is 4.35. The molecule has 0 bridgehead atoms. The van der Waals surface area contributed by atoms with E-state index >= 15 is 0 Å². The van der Waals surface area contributed by atoms with Crippen LogP contribution in [-0.2, 0) is 4.79 Å².